The molecule has 0 unspecified atom stereocenters. The molecule has 0 fully saturated rings. The van der Waals surface area contributed by atoms with Gasteiger partial charge in [-0.1, -0.05) is 18.6 Å². The Bertz CT molecular complexity index is 781. The quantitative estimate of drug-likeness (QED) is 0.402. The average Bonchev–Trinajstić information content (AvgIpc) is 2.68. The second kappa shape index (κ2) is 10.2. The first-order chi connectivity index (χ1) is 13.4. The van der Waals surface area contributed by atoms with Crippen LogP contribution in [0.1, 0.15) is 44.2 Å². The lowest BCUT2D eigenvalue weighted by Crippen LogP contribution is -2.48. The van der Waals surface area contributed by atoms with Crippen molar-refractivity contribution < 1.29 is 23.5 Å². The zero-order valence-corrected chi connectivity index (χ0v) is 17.1. The Kier molecular flexibility index (Phi) is 7.92. The number of nitrogens with one attached hydrogen (secondary N) is 1. The van der Waals surface area contributed by atoms with Crippen molar-refractivity contribution in [2.75, 3.05) is 20.8 Å². The number of ether oxygens (including phenoxy) is 2. The topological polar surface area (TPSA) is 67.9 Å². The van der Waals surface area contributed by atoms with Crippen molar-refractivity contribution >= 4 is 29.3 Å². The molecular weight excluding hydrogens is 383 g/mol. The molecule has 6 nitrogen and oxygen atoms in total. The highest BCUT2D eigenvalue weighted by atomic mass is 32.1. The van der Waals surface area contributed by atoms with E-state index in [4.69, 9.17) is 17.0 Å². The van der Waals surface area contributed by atoms with E-state index in [0.29, 0.717) is 34.9 Å². The van der Waals surface area contributed by atoms with Crippen LogP contribution in [0.15, 0.2) is 35.5 Å². The number of rotatable bonds is 8. The number of allylic oxidation sites excluding steroid dienone is 1. The lowest BCUT2D eigenvalue weighted by atomic mass is 9.95. The summed E-state index contributed by atoms with van der Waals surface area (Å²) >= 11 is 5.49. The molecule has 0 bridgehead atoms. The minimum absolute atomic E-state index is 0.225. The highest BCUT2D eigenvalue weighted by Crippen LogP contribution is 2.31. The van der Waals surface area contributed by atoms with Crippen LogP contribution < -0.4 is 5.32 Å². The number of carbonyl (C=O) groups excluding carboxylic acids is 2. The molecule has 1 aliphatic heterocycles. The molecule has 0 amide bonds. The van der Waals surface area contributed by atoms with E-state index in [0.717, 1.165) is 19.3 Å². The lowest BCUT2D eigenvalue weighted by molar-refractivity contribution is -0.140. The van der Waals surface area contributed by atoms with Gasteiger partial charge in [0, 0.05) is 18.7 Å². The van der Waals surface area contributed by atoms with Gasteiger partial charge < -0.3 is 19.7 Å². The minimum atomic E-state index is -0.578. The van der Waals surface area contributed by atoms with Crippen LogP contribution in [0.3, 0.4) is 0 Å². The zero-order valence-electron chi connectivity index (χ0n) is 16.3. The standard InChI is InChI=1S/C20H25FN2O4S/c1-13-17(19(25)27-3)18(14-8-7-9-15(21)12-14)22-20(28)23(13)11-6-4-5-10-16(24)26-2/h7-9,12,18H,4-6,10-11H2,1-3H3,(H,22,28)/t18-/m1/s1. The van der Waals surface area contributed by atoms with Crippen LogP contribution in [-0.2, 0) is 19.1 Å². The van der Waals surface area contributed by atoms with Crippen molar-refractivity contribution in [2.45, 2.75) is 38.6 Å². The van der Waals surface area contributed by atoms with E-state index in [-0.39, 0.29) is 11.8 Å². The van der Waals surface area contributed by atoms with Crippen LogP contribution in [-0.4, -0.2) is 42.7 Å². The summed E-state index contributed by atoms with van der Waals surface area (Å²) in [6.07, 6.45) is 2.71. The van der Waals surface area contributed by atoms with Crippen molar-refractivity contribution in [2.24, 2.45) is 0 Å². The molecule has 1 heterocycles. The normalized spacial score (nSPS) is 16.6. The van der Waals surface area contributed by atoms with Crippen LogP contribution in [0.2, 0.25) is 0 Å². The van der Waals surface area contributed by atoms with E-state index < -0.39 is 12.0 Å². The first-order valence-electron chi connectivity index (χ1n) is 9.08. The van der Waals surface area contributed by atoms with Crippen LogP contribution >= 0.6 is 12.2 Å². The monoisotopic (exact) mass is 408 g/mol. The third-order valence-corrected chi connectivity index (χ3v) is 5.01. The smallest absolute Gasteiger partial charge is 0.337 e. The third kappa shape index (κ3) is 5.28. The Morgan fingerprint density at radius 1 is 1.21 bits per heavy atom. The fraction of sp³-hybridized carbons (Fsp3) is 0.450. The summed E-state index contributed by atoms with van der Waals surface area (Å²) in [4.78, 5) is 25.5. The summed E-state index contributed by atoms with van der Waals surface area (Å²) in [6.45, 7) is 2.40. The number of hydrogen-bond acceptors (Lipinski definition) is 5. The fourth-order valence-corrected chi connectivity index (χ4v) is 3.53. The molecule has 1 aliphatic rings. The molecule has 1 N–H and O–H groups in total. The lowest BCUT2D eigenvalue weighted by Gasteiger charge is -2.37. The molecule has 0 saturated carbocycles. The molecule has 1 aromatic rings. The molecule has 8 heteroatoms. The predicted octanol–water partition coefficient (Wildman–Crippen LogP) is 3.24. The van der Waals surface area contributed by atoms with Gasteiger partial charge in [0.25, 0.3) is 0 Å². The van der Waals surface area contributed by atoms with Crippen LogP contribution in [0.5, 0.6) is 0 Å². The summed E-state index contributed by atoms with van der Waals surface area (Å²) in [5.41, 5.74) is 1.67. The number of benzene rings is 1. The first-order valence-corrected chi connectivity index (χ1v) is 9.49. The van der Waals surface area contributed by atoms with Gasteiger partial charge in [0.15, 0.2) is 5.11 Å². The number of unbranched alkanes of at least 4 members (excludes halogenated alkanes) is 2. The highest BCUT2D eigenvalue weighted by Gasteiger charge is 2.34. The van der Waals surface area contributed by atoms with Gasteiger partial charge in [-0.25, -0.2) is 9.18 Å². The maximum Gasteiger partial charge on any atom is 0.337 e. The van der Waals surface area contributed by atoms with Crippen molar-refractivity contribution in [3.8, 4) is 0 Å². The molecule has 152 valence electrons. The Morgan fingerprint density at radius 2 is 1.96 bits per heavy atom. The Hall–Kier alpha value is -2.48. The van der Waals surface area contributed by atoms with E-state index in [1.54, 1.807) is 19.1 Å². The maximum atomic E-state index is 13.7. The van der Waals surface area contributed by atoms with Gasteiger partial charge in [-0.2, -0.15) is 0 Å². The Morgan fingerprint density at radius 3 is 2.61 bits per heavy atom. The molecule has 0 saturated heterocycles. The SMILES string of the molecule is COC(=O)CCCCCN1C(=S)N[C@H](c2cccc(F)c2)C(C(=O)OC)=C1C. The van der Waals surface area contributed by atoms with Crippen LogP contribution in [0, 0.1) is 5.82 Å². The molecule has 0 radical (unpaired) electrons. The summed E-state index contributed by atoms with van der Waals surface area (Å²) in [5.74, 6) is -1.10. The van der Waals surface area contributed by atoms with Crippen LogP contribution in [0.4, 0.5) is 4.39 Å². The summed E-state index contributed by atoms with van der Waals surface area (Å²) in [5, 5.41) is 3.60. The molecule has 0 aliphatic carbocycles. The Labute approximate surface area is 169 Å². The average molecular weight is 408 g/mol. The van der Waals surface area contributed by atoms with Gasteiger partial charge in [-0.15, -0.1) is 0 Å². The maximum absolute atomic E-state index is 13.7. The van der Waals surface area contributed by atoms with E-state index in [1.807, 2.05) is 4.90 Å². The fourth-order valence-electron chi connectivity index (χ4n) is 3.18. The predicted molar refractivity (Wildman–Crippen MR) is 107 cm³/mol. The van der Waals surface area contributed by atoms with Gasteiger partial charge >= 0.3 is 11.9 Å². The van der Waals surface area contributed by atoms with Crippen molar-refractivity contribution in [3.63, 3.8) is 0 Å². The minimum Gasteiger partial charge on any atom is -0.469 e. The zero-order chi connectivity index (χ0) is 20.7. The summed E-state index contributed by atoms with van der Waals surface area (Å²) < 4.78 is 23.3. The molecule has 1 atom stereocenters. The van der Waals surface area contributed by atoms with E-state index in [9.17, 15) is 14.0 Å². The molecule has 28 heavy (non-hydrogen) atoms. The Balaban J connectivity index is 2.17. The third-order valence-electron chi connectivity index (χ3n) is 4.67. The number of thiocarbonyl (C=S) groups is 1. The van der Waals surface area contributed by atoms with Crippen LogP contribution in [0.25, 0.3) is 0 Å². The first kappa shape index (κ1) is 21.8. The highest BCUT2D eigenvalue weighted by molar-refractivity contribution is 7.80. The number of esters is 2. The molecule has 0 spiro atoms. The molecule has 0 aromatic heterocycles. The molecular formula is C20H25FN2O4S. The van der Waals surface area contributed by atoms with E-state index in [2.05, 4.69) is 10.1 Å². The number of halogens is 1. The van der Waals surface area contributed by atoms with Gasteiger partial charge in [0.05, 0.1) is 25.8 Å². The van der Waals surface area contributed by atoms with Gasteiger partial charge in [0.1, 0.15) is 5.82 Å². The van der Waals surface area contributed by atoms with Gasteiger partial charge in [-0.3, -0.25) is 4.79 Å². The summed E-state index contributed by atoms with van der Waals surface area (Å²) in [6, 6.07) is 5.47. The van der Waals surface area contributed by atoms with Crippen molar-refractivity contribution in [1.29, 1.82) is 0 Å². The number of carbonyl (C=O) groups is 2. The molecule has 1 aromatic carbocycles. The van der Waals surface area contributed by atoms with Gasteiger partial charge in [0.2, 0.25) is 0 Å². The second-order valence-electron chi connectivity index (χ2n) is 6.47. The summed E-state index contributed by atoms with van der Waals surface area (Å²) in [7, 11) is 2.69. The van der Waals surface area contributed by atoms with Crippen molar-refractivity contribution in [1.82, 2.24) is 10.2 Å². The number of nitrogens with zero attached hydrogens (tertiary/aromatic N) is 1. The largest absolute Gasteiger partial charge is 0.469 e. The molecule has 2 rings (SSSR count). The van der Waals surface area contributed by atoms with E-state index >= 15 is 0 Å². The second-order valence-corrected chi connectivity index (χ2v) is 6.85. The number of hydrogen-bond donors (Lipinski definition) is 1. The van der Waals surface area contributed by atoms with Crippen molar-refractivity contribution in [3.05, 3.63) is 46.9 Å². The number of methoxy groups -OCH3 is 2. The van der Waals surface area contributed by atoms with E-state index in [1.165, 1.54) is 26.4 Å². The van der Waals surface area contributed by atoms with Gasteiger partial charge in [-0.05, 0) is 49.7 Å².